The molecule has 13 heteroatoms. The zero-order chi connectivity index (χ0) is 27.0. The van der Waals surface area contributed by atoms with Crippen molar-refractivity contribution in [1.29, 1.82) is 0 Å². The number of alkyl halides is 3. The summed E-state index contributed by atoms with van der Waals surface area (Å²) in [7, 11) is 1.34. The van der Waals surface area contributed by atoms with Crippen LogP contribution in [0.5, 0.6) is 5.75 Å². The highest BCUT2D eigenvalue weighted by atomic mass is 19.4. The van der Waals surface area contributed by atoms with Crippen molar-refractivity contribution in [2.45, 2.75) is 44.1 Å². The number of nitrogens with two attached hydrogens (primary N) is 1. The number of halogens is 3. The van der Waals surface area contributed by atoms with Crippen LogP contribution >= 0.6 is 0 Å². The first-order chi connectivity index (χ1) is 18.1. The number of oxazole rings is 1. The lowest BCUT2D eigenvalue weighted by Gasteiger charge is -2.36. The van der Waals surface area contributed by atoms with Gasteiger partial charge in [0.2, 0.25) is 11.8 Å². The summed E-state index contributed by atoms with van der Waals surface area (Å²) in [5, 5.41) is 6.45. The molecule has 0 spiro atoms. The molecule has 0 bridgehead atoms. The van der Waals surface area contributed by atoms with Crippen molar-refractivity contribution in [2.75, 3.05) is 12.4 Å². The Kier molecular flexibility index (Phi) is 6.61. The van der Waals surface area contributed by atoms with Gasteiger partial charge in [0, 0.05) is 35.4 Å². The summed E-state index contributed by atoms with van der Waals surface area (Å²) in [4.78, 5) is 29.5. The highest BCUT2D eigenvalue weighted by molar-refractivity contribution is 5.98. The summed E-state index contributed by atoms with van der Waals surface area (Å²) in [6.45, 7) is 1.65. The Morgan fingerprint density at radius 1 is 1.13 bits per heavy atom. The predicted molar refractivity (Wildman–Crippen MR) is 131 cm³/mol. The van der Waals surface area contributed by atoms with E-state index in [1.165, 1.54) is 19.2 Å². The molecule has 5 rings (SSSR count). The maximum atomic E-state index is 13.3. The number of rotatable bonds is 7. The van der Waals surface area contributed by atoms with Crippen LogP contribution in [-0.4, -0.2) is 45.0 Å². The van der Waals surface area contributed by atoms with E-state index >= 15 is 0 Å². The molecule has 0 aliphatic heterocycles. The summed E-state index contributed by atoms with van der Waals surface area (Å²) in [6.07, 6.45) is -0.0166. The summed E-state index contributed by atoms with van der Waals surface area (Å²) < 4.78 is 50.9. The summed E-state index contributed by atoms with van der Waals surface area (Å²) in [6, 6.07) is 6.28. The van der Waals surface area contributed by atoms with E-state index in [-0.39, 0.29) is 40.7 Å². The quantitative estimate of drug-likeness (QED) is 0.324. The summed E-state index contributed by atoms with van der Waals surface area (Å²) >= 11 is 0. The van der Waals surface area contributed by atoms with Crippen LogP contribution in [0.3, 0.4) is 0 Å². The molecule has 10 nitrogen and oxygen atoms in total. The summed E-state index contributed by atoms with van der Waals surface area (Å²) in [5.74, 6) is 0.410. The zero-order valence-corrected chi connectivity index (χ0v) is 20.4. The highest BCUT2D eigenvalue weighted by Gasteiger charge is 2.34. The van der Waals surface area contributed by atoms with Crippen molar-refractivity contribution >= 4 is 22.8 Å². The van der Waals surface area contributed by atoms with Gasteiger partial charge in [-0.25, -0.2) is 19.9 Å². The molecule has 38 heavy (non-hydrogen) atoms. The second-order valence-corrected chi connectivity index (χ2v) is 8.98. The van der Waals surface area contributed by atoms with Crippen molar-refractivity contribution in [3.8, 4) is 17.2 Å². The molecule has 3 heterocycles. The Bertz CT molecular complexity index is 1470. The fraction of sp³-hybridized carbons (Fsp3) is 0.320. The van der Waals surface area contributed by atoms with Crippen molar-refractivity contribution in [3.63, 3.8) is 0 Å². The maximum Gasteiger partial charge on any atom is 0.433 e. The van der Waals surface area contributed by atoms with Gasteiger partial charge >= 0.3 is 6.18 Å². The third kappa shape index (κ3) is 4.96. The van der Waals surface area contributed by atoms with Gasteiger partial charge in [-0.15, -0.1) is 0 Å². The van der Waals surface area contributed by atoms with Crippen LogP contribution in [0.25, 0.3) is 22.4 Å². The fourth-order valence-corrected chi connectivity index (χ4v) is 4.28. The first-order valence-corrected chi connectivity index (χ1v) is 11.8. The van der Waals surface area contributed by atoms with Crippen LogP contribution in [-0.2, 0) is 6.18 Å². The number of amides is 1. The average Bonchev–Trinajstić information content (AvgIpc) is 3.32. The maximum absolute atomic E-state index is 13.3. The molecule has 0 radical (unpaired) electrons. The lowest BCUT2D eigenvalue weighted by molar-refractivity contribution is -0.140. The van der Waals surface area contributed by atoms with Gasteiger partial charge in [0.25, 0.3) is 5.91 Å². The number of nitrogens with one attached hydrogen (secondary N) is 2. The number of anilines is 1. The second kappa shape index (κ2) is 9.89. The number of ether oxygens (including phenoxy) is 1. The van der Waals surface area contributed by atoms with Gasteiger partial charge in [-0.2, -0.15) is 13.2 Å². The minimum Gasteiger partial charge on any atom is -0.494 e. The number of nitrogens with zero attached hydrogens (tertiary/aromatic N) is 4. The van der Waals surface area contributed by atoms with Gasteiger partial charge in [-0.1, -0.05) is 0 Å². The molecule has 1 fully saturated rings. The van der Waals surface area contributed by atoms with Crippen molar-refractivity contribution in [2.24, 2.45) is 5.73 Å². The number of benzene rings is 1. The number of methoxy groups -OCH3 is 1. The number of pyridine rings is 1. The van der Waals surface area contributed by atoms with Gasteiger partial charge in [0.1, 0.15) is 17.0 Å². The van der Waals surface area contributed by atoms with E-state index in [1.807, 2.05) is 0 Å². The molecule has 1 saturated carbocycles. The minimum atomic E-state index is -4.63. The third-order valence-electron chi connectivity index (χ3n) is 6.22. The molecule has 1 aliphatic carbocycles. The normalized spacial score (nSPS) is 18.1. The van der Waals surface area contributed by atoms with E-state index in [2.05, 4.69) is 30.6 Å². The van der Waals surface area contributed by atoms with Crippen molar-refractivity contribution in [3.05, 3.63) is 59.9 Å². The lowest BCUT2D eigenvalue weighted by Crippen LogP contribution is -2.50. The standard InChI is InChI=1S/C25H24F3N7O3/c1-12(29)21-20(22(36)32-13-10-14(11-13)33-24-30-8-3-9-31-24)35-23(38-21)16-4-6-17(37-2)19-15(16)5-7-18(34-19)25(26,27)28/h3-9,12-14H,10-11,29H2,1-2H3,(H,32,36)(H,30,31,33)/t12-,13-,14+/m0/s1. The van der Waals surface area contributed by atoms with Crippen molar-refractivity contribution < 1.29 is 27.1 Å². The number of fused-ring (bicyclic) bond motifs is 1. The zero-order valence-electron chi connectivity index (χ0n) is 20.4. The molecule has 3 aromatic heterocycles. The average molecular weight is 528 g/mol. The highest BCUT2D eigenvalue weighted by Crippen LogP contribution is 2.37. The summed E-state index contributed by atoms with van der Waals surface area (Å²) in [5.41, 5.74) is 5.35. The van der Waals surface area contributed by atoms with Crippen LogP contribution in [0.15, 0.2) is 47.1 Å². The second-order valence-electron chi connectivity index (χ2n) is 8.98. The van der Waals surface area contributed by atoms with E-state index in [1.54, 1.807) is 31.5 Å². The van der Waals surface area contributed by atoms with Gasteiger partial charge in [0.05, 0.1) is 13.2 Å². The van der Waals surface area contributed by atoms with Gasteiger partial charge in [-0.3, -0.25) is 4.79 Å². The topological polar surface area (TPSA) is 141 Å². The molecule has 1 atom stereocenters. The Balaban J connectivity index is 1.40. The Labute approximate surface area is 214 Å². The van der Waals surface area contributed by atoms with Crippen LogP contribution in [0.4, 0.5) is 19.1 Å². The number of hydrogen-bond donors (Lipinski definition) is 3. The lowest BCUT2D eigenvalue weighted by atomic mass is 9.86. The molecule has 1 aliphatic rings. The molecular weight excluding hydrogens is 503 g/mol. The monoisotopic (exact) mass is 527 g/mol. The minimum absolute atomic E-state index is 0.0122. The SMILES string of the molecule is COc1ccc(-c2nc(C(=O)N[C@H]3C[C@@H](Nc4ncccn4)C3)c([C@H](C)N)o2)c2ccc(C(F)(F)F)nc12. The molecule has 0 unspecified atom stereocenters. The molecule has 0 saturated heterocycles. The number of aromatic nitrogens is 4. The number of hydrogen-bond acceptors (Lipinski definition) is 9. The molecule has 1 amide bonds. The number of carbonyl (C=O) groups is 1. The molecule has 198 valence electrons. The van der Waals surface area contributed by atoms with E-state index < -0.39 is 23.8 Å². The van der Waals surface area contributed by atoms with E-state index in [0.29, 0.717) is 29.7 Å². The van der Waals surface area contributed by atoms with Gasteiger partial charge in [0.15, 0.2) is 11.5 Å². The van der Waals surface area contributed by atoms with E-state index in [4.69, 9.17) is 14.9 Å². The van der Waals surface area contributed by atoms with Crippen LogP contribution in [0, 0.1) is 0 Å². The molecular formula is C25H24F3N7O3. The Morgan fingerprint density at radius 2 is 1.87 bits per heavy atom. The smallest absolute Gasteiger partial charge is 0.433 e. The Hall–Kier alpha value is -4.26. The number of carbonyl (C=O) groups excluding carboxylic acids is 1. The van der Waals surface area contributed by atoms with Crippen molar-refractivity contribution in [1.82, 2.24) is 25.3 Å². The van der Waals surface area contributed by atoms with E-state index in [9.17, 15) is 18.0 Å². The Morgan fingerprint density at radius 3 is 2.53 bits per heavy atom. The first-order valence-electron chi connectivity index (χ1n) is 11.8. The molecule has 4 aromatic rings. The third-order valence-corrected chi connectivity index (χ3v) is 6.22. The van der Waals surface area contributed by atoms with Crippen LogP contribution < -0.4 is 21.1 Å². The van der Waals surface area contributed by atoms with Crippen LogP contribution in [0.2, 0.25) is 0 Å². The largest absolute Gasteiger partial charge is 0.494 e. The fourth-order valence-electron chi connectivity index (χ4n) is 4.28. The molecule has 1 aromatic carbocycles. The van der Waals surface area contributed by atoms with E-state index in [0.717, 1.165) is 6.07 Å². The molecule has 4 N–H and O–H groups in total. The van der Waals surface area contributed by atoms with Crippen LogP contribution in [0.1, 0.15) is 47.7 Å². The van der Waals surface area contributed by atoms with Gasteiger partial charge in [-0.05, 0) is 50.1 Å². The first kappa shape index (κ1) is 25.4. The predicted octanol–water partition coefficient (Wildman–Crippen LogP) is 4.10. The van der Waals surface area contributed by atoms with Gasteiger partial charge < -0.3 is 25.5 Å².